The van der Waals surface area contributed by atoms with Crippen molar-refractivity contribution in [2.24, 2.45) is 11.5 Å². The molecule has 1 rings (SSSR count). The lowest BCUT2D eigenvalue weighted by atomic mass is 10.1. The third-order valence-electron chi connectivity index (χ3n) is 3.31. The molecule has 26 heavy (non-hydrogen) atoms. The molecule has 0 saturated carbocycles. The van der Waals surface area contributed by atoms with E-state index in [1.807, 2.05) is 0 Å². The Morgan fingerprint density at radius 3 is 2.27 bits per heavy atom. The van der Waals surface area contributed by atoms with Crippen LogP contribution in [0.3, 0.4) is 0 Å². The normalized spacial score (nSPS) is 9.96. The van der Waals surface area contributed by atoms with E-state index in [1.165, 1.54) is 26.4 Å². The summed E-state index contributed by atoms with van der Waals surface area (Å²) in [6.45, 7) is 0.549. The van der Waals surface area contributed by atoms with Crippen molar-refractivity contribution in [3.05, 3.63) is 17.7 Å². The molecular formula is C16H25N5O5. The fourth-order valence-corrected chi connectivity index (χ4v) is 2.04. The highest BCUT2D eigenvalue weighted by molar-refractivity contribution is 5.98. The number of rotatable bonds is 10. The predicted molar refractivity (Wildman–Crippen MR) is 96.7 cm³/mol. The molecule has 0 radical (unpaired) electrons. The molecule has 0 atom stereocenters. The maximum atomic E-state index is 12.2. The smallest absolute Gasteiger partial charge is 0.338 e. The number of methoxy groups -OCH3 is 2. The zero-order chi connectivity index (χ0) is 19.5. The van der Waals surface area contributed by atoms with Gasteiger partial charge in [-0.3, -0.25) is 10.2 Å². The zero-order valence-electron chi connectivity index (χ0n) is 14.9. The van der Waals surface area contributed by atoms with Crippen molar-refractivity contribution >= 4 is 23.5 Å². The Morgan fingerprint density at radius 2 is 1.77 bits per heavy atom. The van der Waals surface area contributed by atoms with Gasteiger partial charge in [0.2, 0.25) is 5.91 Å². The van der Waals surface area contributed by atoms with Crippen LogP contribution in [0.25, 0.3) is 0 Å². The highest BCUT2D eigenvalue weighted by atomic mass is 16.5. The number of benzene rings is 1. The summed E-state index contributed by atoms with van der Waals surface area (Å²) in [6, 6.07) is 2.91. The van der Waals surface area contributed by atoms with Crippen LogP contribution in [-0.2, 0) is 9.53 Å². The number of unbranched alkanes of at least 4 members (excludes halogenated alkanes) is 1. The second-order valence-corrected chi connectivity index (χ2v) is 5.19. The minimum atomic E-state index is -0.544. The number of carbonyl (C=O) groups excluding carboxylic acids is 2. The van der Waals surface area contributed by atoms with E-state index in [0.717, 1.165) is 0 Å². The molecule has 0 saturated heterocycles. The lowest BCUT2D eigenvalue weighted by Gasteiger charge is -2.15. The first-order chi connectivity index (χ1) is 12.4. The van der Waals surface area contributed by atoms with Gasteiger partial charge < -0.3 is 36.3 Å². The lowest BCUT2D eigenvalue weighted by molar-refractivity contribution is -0.114. The van der Waals surface area contributed by atoms with Crippen molar-refractivity contribution in [1.29, 1.82) is 5.41 Å². The number of carbonyl (C=O) groups is 2. The van der Waals surface area contributed by atoms with Crippen LogP contribution in [0.4, 0.5) is 5.69 Å². The van der Waals surface area contributed by atoms with Gasteiger partial charge in [0.1, 0.15) is 17.2 Å². The summed E-state index contributed by atoms with van der Waals surface area (Å²) in [5.74, 6) is -0.551. The third kappa shape index (κ3) is 6.48. The van der Waals surface area contributed by atoms with Gasteiger partial charge in [-0.05, 0) is 25.0 Å². The molecule has 1 aromatic carbocycles. The van der Waals surface area contributed by atoms with Crippen LogP contribution in [0, 0.1) is 5.41 Å². The Bertz CT molecular complexity index is 625. The van der Waals surface area contributed by atoms with E-state index in [0.29, 0.717) is 19.4 Å². The fraction of sp³-hybridized carbons (Fsp3) is 0.438. The maximum Gasteiger partial charge on any atom is 0.338 e. The van der Waals surface area contributed by atoms with Gasteiger partial charge in [0.25, 0.3) is 0 Å². The van der Waals surface area contributed by atoms with Crippen molar-refractivity contribution in [3.63, 3.8) is 0 Å². The molecule has 0 fully saturated rings. The molecule has 0 aromatic heterocycles. The van der Waals surface area contributed by atoms with Crippen LogP contribution >= 0.6 is 0 Å². The molecule has 1 amide bonds. The molecule has 10 heteroatoms. The van der Waals surface area contributed by atoms with Crippen LogP contribution in [0.1, 0.15) is 23.2 Å². The van der Waals surface area contributed by atoms with Gasteiger partial charge in [-0.2, -0.15) is 0 Å². The summed E-state index contributed by atoms with van der Waals surface area (Å²) >= 11 is 0. The summed E-state index contributed by atoms with van der Waals surface area (Å²) in [5.41, 5.74) is 11.0. The average Bonchev–Trinajstić information content (AvgIpc) is 2.63. The van der Waals surface area contributed by atoms with Crippen molar-refractivity contribution < 1.29 is 23.8 Å². The van der Waals surface area contributed by atoms with Crippen LogP contribution in [0.2, 0.25) is 0 Å². The third-order valence-corrected chi connectivity index (χ3v) is 3.31. The summed E-state index contributed by atoms with van der Waals surface area (Å²) < 4.78 is 15.6. The zero-order valence-corrected chi connectivity index (χ0v) is 14.9. The monoisotopic (exact) mass is 367 g/mol. The number of hydrogen-bond acceptors (Lipinski definition) is 7. The highest BCUT2D eigenvalue weighted by Crippen LogP contribution is 2.36. The number of ether oxygens (including phenoxy) is 3. The topological polar surface area (TPSA) is 162 Å². The van der Waals surface area contributed by atoms with Gasteiger partial charge in [0.05, 0.1) is 32.9 Å². The van der Waals surface area contributed by atoms with Gasteiger partial charge in [-0.1, -0.05) is 0 Å². The van der Waals surface area contributed by atoms with Gasteiger partial charge in [-0.25, -0.2) is 4.79 Å². The summed E-state index contributed by atoms with van der Waals surface area (Å²) in [5, 5.41) is 12.3. The standard InChI is InChI=1S/C16H25N5O5/c1-24-11-7-10(8-12(25-2)14(11)21-13(22)9-17)15(23)26-6-4-3-5-20-16(18)19/h7-8H,3-6,9,17H2,1-2H3,(H,21,22)(H4,18,19,20). The number of amides is 1. The molecule has 0 unspecified atom stereocenters. The van der Waals surface area contributed by atoms with Gasteiger partial charge in [-0.15, -0.1) is 0 Å². The molecule has 0 aliphatic carbocycles. The van der Waals surface area contributed by atoms with E-state index in [4.69, 9.17) is 31.1 Å². The summed E-state index contributed by atoms with van der Waals surface area (Å²) in [4.78, 5) is 23.7. The van der Waals surface area contributed by atoms with Gasteiger partial charge in [0.15, 0.2) is 5.96 Å². The molecule has 0 aliphatic rings. The Balaban J connectivity index is 2.75. The molecule has 0 heterocycles. The van der Waals surface area contributed by atoms with Crippen LogP contribution in [-0.4, -0.2) is 51.8 Å². The second kappa shape index (κ2) is 10.8. The highest BCUT2D eigenvalue weighted by Gasteiger charge is 2.18. The van der Waals surface area contributed by atoms with Gasteiger partial charge >= 0.3 is 5.97 Å². The molecule has 0 spiro atoms. The number of anilines is 1. The Labute approximate surface area is 151 Å². The number of guanidine groups is 1. The van der Waals surface area contributed by atoms with Crippen molar-refractivity contribution in [3.8, 4) is 11.5 Å². The number of nitrogens with one attached hydrogen (secondary N) is 3. The van der Waals surface area contributed by atoms with Crippen molar-refractivity contribution in [2.45, 2.75) is 12.8 Å². The second-order valence-electron chi connectivity index (χ2n) is 5.19. The van der Waals surface area contributed by atoms with Crippen LogP contribution in [0.15, 0.2) is 12.1 Å². The van der Waals surface area contributed by atoms with E-state index in [1.54, 1.807) is 0 Å². The number of esters is 1. The van der Waals surface area contributed by atoms with Crippen LogP contribution < -0.4 is 31.6 Å². The van der Waals surface area contributed by atoms with E-state index in [-0.39, 0.29) is 41.9 Å². The minimum absolute atomic E-state index is 0.0944. The summed E-state index contributed by atoms with van der Waals surface area (Å²) in [7, 11) is 2.81. The molecular weight excluding hydrogens is 342 g/mol. The maximum absolute atomic E-state index is 12.2. The average molecular weight is 367 g/mol. The van der Waals surface area contributed by atoms with E-state index in [2.05, 4.69) is 10.6 Å². The van der Waals surface area contributed by atoms with E-state index in [9.17, 15) is 9.59 Å². The first-order valence-electron chi connectivity index (χ1n) is 7.93. The quantitative estimate of drug-likeness (QED) is 0.167. The Hall–Kier alpha value is -3.01. The minimum Gasteiger partial charge on any atom is -0.494 e. The Morgan fingerprint density at radius 1 is 1.15 bits per heavy atom. The number of nitrogens with two attached hydrogens (primary N) is 2. The van der Waals surface area contributed by atoms with E-state index >= 15 is 0 Å². The largest absolute Gasteiger partial charge is 0.494 e. The fourth-order valence-electron chi connectivity index (χ4n) is 2.04. The first-order valence-corrected chi connectivity index (χ1v) is 7.93. The molecule has 1 aromatic rings. The molecule has 0 bridgehead atoms. The lowest BCUT2D eigenvalue weighted by Crippen LogP contribution is -2.31. The predicted octanol–water partition coefficient (Wildman–Crippen LogP) is 0.0211. The van der Waals surface area contributed by atoms with E-state index < -0.39 is 11.9 Å². The summed E-state index contributed by atoms with van der Waals surface area (Å²) in [6.07, 6.45) is 1.31. The van der Waals surface area contributed by atoms with Gasteiger partial charge in [0, 0.05) is 6.54 Å². The van der Waals surface area contributed by atoms with Crippen molar-refractivity contribution in [1.82, 2.24) is 5.32 Å². The number of hydrogen-bond donors (Lipinski definition) is 5. The van der Waals surface area contributed by atoms with Crippen molar-refractivity contribution in [2.75, 3.05) is 39.2 Å². The molecule has 0 aliphatic heterocycles. The van der Waals surface area contributed by atoms with Crippen LogP contribution in [0.5, 0.6) is 11.5 Å². The molecule has 10 nitrogen and oxygen atoms in total. The molecule has 7 N–H and O–H groups in total. The molecule has 144 valence electrons. The SMILES string of the molecule is COc1cc(C(=O)OCCCCNC(=N)N)cc(OC)c1NC(=O)CN. The Kier molecular flexibility index (Phi) is 8.71. The first kappa shape index (κ1) is 21.0.